The number of aromatic nitrogens is 3. The van der Waals surface area contributed by atoms with Crippen LogP contribution in [0.15, 0.2) is 6.20 Å². The predicted molar refractivity (Wildman–Crippen MR) is 45.6 cm³/mol. The van der Waals surface area contributed by atoms with Crippen LogP contribution < -0.4 is 5.32 Å². The fraction of sp³-hybridized carbons (Fsp3) is 0.429. The second-order valence-electron chi connectivity index (χ2n) is 3.24. The zero-order valence-corrected chi connectivity index (χ0v) is 7.74. The Morgan fingerprint density at radius 2 is 2.21 bits per heavy atom. The molecule has 0 spiro atoms. The van der Waals surface area contributed by atoms with Crippen molar-refractivity contribution >= 4 is 11.9 Å². The van der Waals surface area contributed by atoms with Crippen molar-refractivity contribution in [2.24, 2.45) is 0 Å². The van der Waals surface area contributed by atoms with Gasteiger partial charge in [-0.05, 0) is 13.8 Å². The Hall–Kier alpha value is -1.92. The van der Waals surface area contributed by atoms with Crippen LogP contribution in [0.25, 0.3) is 0 Å². The first-order valence-electron chi connectivity index (χ1n) is 3.85. The van der Waals surface area contributed by atoms with Gasteiger partial charge in [-0.1, -0.05) is 0 Å². The topological polar surface area (TPSA) is 108 Å². The summed E-state index contributed by atoms with van der Waals surface area (Å²) in [5.74, 6) is -1.69. The van der Waals surface area contributed by atoms with E-state index in [0.717, 1.165) is 0 Å². The number of aliphatic carboxylic acids is 1. The number of nitrogens with zero attached hydrogens (tertiary/aromatic N) is 2. The first kappa shape index (κ1) is 10.2. The third-order valence-electron chi connectivity index (χ3n) is 1.61. The van der Waals surface area contributed by atoms with Crippen molar-refractivity contribution in [3.8, 4) is 0 Å². The van der Waals surface area contributed by atoms with Crippen molar-refractivity contribution in [2.75, 3.05) is 0 Å². The highest BCUT2D eigenvalue weighted by Crippen LogP contribution is 2.03. The first-order chi connectivity index (χ1) is 6.43. The standard InChI is InChI=1S/C7H10N4O3/c1-7(2,6(13)14)9-5(12)4-3-8-11-10-4/h3H,1-2H3,(H,9,12)(H,13,14)(H,8,10,11). The molecule has 3 N–H and O–H groups in total. The van der Waals surface area contributed by atoms with Gasteiger partial charge < -0.3 is 10.4 Å². The molecule has 0 aromatic carbocycles. The van der Waals surface area contributed by atoms with E-state index in [9.17, 15) is 9.59 Å². The Morgan fingerprint density at radius 3 is 2.64 bits per heavy atom. The highest BCUT2D eigenvalue weighted by atomic mass is 16.4. The summed E-state index contributed by atoms with van der Waals surface area (Å²) in [7, 11) is 0. The third kappa shape index (κ3) is 2.06. The third-order valence-corrected chi connectivity index (χ3v) is 1.61. The molecular weight excluding hydrogens is 188 g/mol. The SMILES string of the molecule is CC(C)(NC(=O)c1cn[nH]n1)C(=O)O. The maximum absolute atomic E-state index is 11.3. The lowest BCUT2D eigenvalue weighted by molar-refractivity contribution is -0.143. The molecule has 1 amide bonds. The number of aromatic amines is 1. The molecule has 1 rings (SSSR count). The molecule has 0 atom stereocenters. The van der Waals surface area contributed by atoms with E-state index >= 15 is 0 Å². The monoisotopic (exact) mass is 198 g/mol. The van der Waals surface area contributed by atoms with Crippen LogP contribution in [0.3, 0.4) is 0 Å². The van der Waals surface area contributed by atoms with Gasteiger partial charge in [-0.25, -0.2) is 4.79 Å². The molecule has 0 radical (unpaired) electrons. The van der Waals surface area contributed by atoms with Crippen LogP contribution >= 0.6 is 0 Å². The van der Waals surface area contributed by atoms with Crippen molar-refractivity contribution in [1.82, 2.24) is 20.7 Å². The Balaban J connectivity index is 2.71. The zero-order chi connectivity index (χ0) is 10.8. The molecule has 0 saturated carbocycles. The molecular formula is C7H10N4O3. The molecule has 0 aliphatic rings. The van der Waals surface area contributed by atoms with Crippen LogP contribution in [0, 0.1) is 0 Å². The van der Waals surface area contributed by atoms with Crippen LogP contribution in [0.1, 0.15) is 24.3 Å². The van der Waals surface area contributed by atoms with Crippen molar-refractivity contribution in [3.63, 3.8) is 0 Å². The molecule has 14 heavy (non-hydrogen) atoms. The van der Waals surface area contributed by atoms with Crippen LogP contribution in [0.4, 0.5) is 0 Å². The summed E-state index contributed by atoms with van der Waals surface area (Å²) in [4.78, 5) is 22.0. The molecule has 7 nitrogen and oxygen atoms in total. The minimum absolute atomic E-state index is 0.0549. The summed E-state index contributed by atoms with van der Waals surface area (Å²) < 4.78 is 0. The minimum Gasteiger partial charge on any atom is -0.480 e. The van der Waals surface area contributed by atoms with E-state index in [-0.39, 0.29) is 5.69 Å². The maximum Gasteiger partial charge on any atom is 0.328 e. The number of carbonyl (C=O) groups is 2. The summed E-state index contributed by atoms with van der Waals surface area (Å²) in [6.07, 6.45) is 1.22. The Morgan fingerprint density at radius 1 is 1.57 bits per heavy atom. The van der Waals surface area contributed by atoms with E-state index in [1.165, 1.54) is 20.0 Å². The number of nitrogens with one attached hydrogen (secondary N) is 2. The summed E-state index contributed by atoms with van der Waals surface area (Å²) in [5, 5.41) is 20.2. The van der Waals surface area contributed by atoms with Crippen molar-refractivity contribution in [2.45, 2.75) is 19.4 Å². The van der Waals surface area contributed by atoms with Gasteiger partial charge in [0.05, 0.1) is 6.20 Å². The van der Waals surface area contributed by atoms with Gasteiger partial charge in [0, 0.05) is 0 Å². The van der Waals surface area contributed by atoms with Gasteiger partial charge in [-0.15, -0.1) is 0 Å². The second-order valence-corrected chi connectivity index (χ2v) is 3.24. The highest BCUT2D eigenvalue weighted by Gasteiger charge is 2.29. The lowest BCUT2D eigenvalue weighted by Crippen LogP contribution is -2.49. The fourth-order valence-corrected chi connectivity index (χ4v) is 0.712. The number of amides is 1. The van der Waals surface area contributed by atoms with Gasteiger partial charge in [-0.2, -0.15) is 15.4 Å². The van der Waals surface area contributed by atoms with E-state index < -0.39 is 17.4 Å². The molecule has 76 valence electrons. The largest absolute Gasteiger partial charge is 0.480 e. The van der Waals surface area contributed by atoms with E-state index in [1.54, 1.807) is 0 Å². The summed E-state index contributed by atoms with van der Waals surface area (Å²) in [6, 6.07) is 0. The van der Waals surface area contributed by atoms with E-state index in [0.29, 0.717) is 0 Å². The molecule has 7 heteroatoms. The van der Waals surface area contributed by atoms with E-state index in [4.69, 9.17) is 5.11 Å². The number of H-pyrrole nitrogens is 1. The van der Waals surface area contributed by atoms with Crippen LogP contribution in [0.2, 0.25) is 0 Å². The van der Waals surface area contributed by atoms with Gasteiger partial charge in [0.15, 0.2) is 5.69 Å². The fourth-order valence-electron chi connectivity index (χ4n) is 0.712. The van der Waals surface area contributed by atoms with Crippen molar-refractivity contribution in [1.29, 1.82) is 0 Å². The number of hydrogen-bond donors (Lipinski definition) is 3. The molecule has 0 unspecified atom stereocenters. The first-order valence-corrected chi connectivity index (χ1v) is 3.85. The molecule has 0 aliphatic heterocycles. The van der Waals surface area contributed by atoms with Crippen molar-refractivity contribution < 1.29 is 14.7 Å². The van der Waals surface area contributed by atoms with Gasteiger partial charge in [-0.3, -0.25) is 4.79 Å². The zero-order valence-electron chi connectivity index (χ0n) is 7.74. The molecule has 0 saturated heterocycles. The number of hydrogen-bond acceptors (Lipinski definition) is 4. The summed E-state index contributed by atoms with van der Waals surface area (Å²) >= 11 is 0. The number of carboxylic acid groups (broad SMARTS) is 1. The number of carboxylic acids is 1. The lowest BCUT2D eigenvalue weighted by Gasteiger charge is -2.19. The van der Waals surface area contributed by atoms with Gasteiger partial charge >= 0.3 is 5.97 Å². The Kier molecular flexibility index (Phi) is 2.50. The average Bonchev–Trinajstić information content (AvgIpc) is 2.54. The molecule has 0 bridgehead atoms. The summed E-state index contributed by atoms with van der Waals surface area (Å²) in [6.45, 7) is 2.76. The van der Waals surface area contributed by atoms with Crippen molar-refractivity contribution in [3.05, 3.63) is 11.9 Å². The highest BCUT2D eigenvalue weighted by molar-refractivity contribution is 5.95. The van der Waals surface area contributed by atoms with Gasteiger partial charge in [0.2, 0.25) is 0 Å². The molecule has 0 fully saturated rings. The predicted octanol–water partition coefficient (Wildman–Crippen LogP) is -0.602. The average molecular weight is 198 g/mol. The van der Waals surface area contributed by atoms with E-state index in [1.807, 2.05) is 0 Å². The number of carbonyl (C=O) groups excluding carboxylic acids is 1. The Labute approximate surface area is 79.5 Å². The van der Waals surface area contributed by atoms with Crippen LogP contribution in [-0.4, -0.2) is 37.9 Å². The molecule has 1 aromatic heterocycles. The second kappa shape index (κ2) is 3.44. The molecule has 0 aliphatic carbocycles. The quantitative estimate of drug-likeness (QED) is 0.600. The number of rotatable bonds is 3. The lowest BCUT2D eigenvalue weighted by atomic mass is 10.1. The van der Waals surface area contributed by atoms with Crippen LogP contribution in [0.5, 0.6) is 0 Å². The maximum atomic E-state index is 11.3. The normalized spacial score (nSPS) is 11.0. The summed E-state index contributed by atoms with van der Waals surface area (Å²) in [5.41, 5.74) is -1.27. The van der Waals surface area contributed by atoms with E-state index in [2.05, 4.69) is 20.7 Å². The molecule has 1 aromatic rings. The van der Waals surface area contributed by atoms with Gasteiger partial charge in [0.1, 0.15) is 5.54 Å². The van der Waals surface area contributed by atoms with Gasteiger partial charge in [0.25, 0.3) is 5.91 Å². The Bertz CT molecular complexity index is 344. The molecule has 1 heterocycles. The van der Waals surface area contributed by atoms with Crippen LogP contribution in [-0.2, 0) is 4.79 Å². The minimum atomic E-state index is -1.32. The smallest absolute Gasteiger partial charge is 0.328 e.